The summed E-state index contributed by atoms with van der Waals surface area (Å²) in [6, 6.07) is 12.7. The Morgan fingerprint density at radius 3 is 2.59 bits per heavy atom. The van der Waals surface area contributed by atoms with Gasteiger partial charge in [-0.2, -0.15) is 0 Å². The number of β-amino-alcohol motifs (C(OH)–C–C–N with tert-alkyl or cyclic N) is 1. The molecule has 0 aliphatic carbocycles. The lowest BCUT2D eigenvalue weighted by Crippen LogP contribution is -2.24. The fourth-order valence-corrected chi connectivity index (χ4v) is 3.31. The van der Waals surface area contributed by atoms with Crippen molar-refractivity contribution < 1.29 is 24.5 Å². The molecule has 1 aliphatic rings. The van der Waals surface area contributed by atoms with E-state index in [0.717, 1.165) is 37.4 Å². The van der Waals surface area contributed by atoms with Gasteiger partial charge in [0.25, 0.3) is 6.47 Å². The summed E-state index contributed by atoms with van der Waals surface area (Å²) in [6.07, 6.45) is 3.17. The molecule has 2 heterocycles. The summed E-state index contributed by atoms with van der Waals surface area (Å²) in [6.45, 7) is 2.80. The van der Waals surface area contributed by atoms with Gasteiger partial charge in [0.2, 0.25) is 5.91 Å². The number of aromatic nitrogens is 1. The van der Waals surface area contributed by atoms with E-state index in [2.05, 4.69) is 9.88 Å². The minimum Gasteiger partial charge on any atom is -0.494 e. The lowest BCUT2D eigenvalue weighted by Gasteiger charge is -2.15. The monoisotopic (exact) mass is 401 g/mol. The van der Waals surface area contributed by atoms with E-state index in [9.17, 15) is 9.90 Å². The Balaban J connectivity index is 0.000000941. The highest BCUT2D eigenvalue weighted by Gasteiger charge is 2.31. The molecule has 0 radical (unpaired) electrons. The van der Waals surface area contributed by atoms with Gasteiger partial charge in [0.1, 0.15) is 5.75 Å². The molecule has 0 unspecified atom stereocenters. The van der Waals surface area contributed by atoms with E-state index in [4.69, 9.17) is 20.4 Å². The van der Waals surface area contributed by atoms with Crippen molar-refractivity contribution in [3.63, 3.8) is 0 Å². The minimum absolute atomic E-state index is 0.229. The Bertz CT molecular complexity index is 755. The molecule has 156 valence electrons. The van der Waals surface area contributed by atoms with Crippen LogP contribution in [0.4, 0.5) is 0 Å². The molecule has 1 aromatic heterocycles. The van der Waals surface area contributed by atoms with Crippen molar-refractivity contribution >= 4 is 12.4 Å². The quantitative estimate of drug-likeness (QED) is 0.448. The average molecular weight is 401 g/mol. The van der Waals surface area contributed by atoms with Gasteiger partial charge in [-0.25, -0.2) is 0 Å². The molecule has 8 heteroatoms. The number of ether oxygens (including phenoxy) is 1. The number of nitrogens with two attached hydrogens (primary N) is 1. The number of likely N-dealkylation sites (tertiary alicyclic amines) is 1. The van der Waals surface area contributed by atoms with Crippen molar-refractivity contribution in [3.05, 3.63) is 59.9 Å². The van der Waals surface area contributed by atoms with Crippen LogP contribution in [-0.2, 0) is 11.2 Å². The lowest BCUT2D eigenvalue weighted by atomic mass is 10.00. The molecule has 0 bridgehead atoms. The summed E-state index contributed by atoms with van der Waals surface area (Å²) >= 11 is 0. The van der Waals surface area contributed by atoms with Crippen LogP contribution in [0.1, 0.15) is 22.5 Å². The number of aliphatic hydroxyl groups is 1. The zero-order chi connectivity index (χ0) is 21.1. The number of primary amides is 1. The first-order valence-electron chi connectivity index (χ1n) is 9.44. The maximum absolute atomic E-state index is 11.0. The van der Waals surface area contributed by atoms with Crippen LogP contribution in [0.25, 0.3) is 0 Å². The standard InChI is InChI=1S/C20H25N3O3.CH2O2/c21-20(25)15-5-7-18(8-6-15)26-11-3-10-23-13-16(19(24)14-23)12-17-4-1-2-9-22-17;2-1-3/h1-2,4-9,16,19,24H,3,10-14H2,(H2,21,25);1H,(H,2,3)/t16-,19-;/m1./s1. The second-order valence-electron chi connectivity index (χ2n) is 6.81. The SMILES string of the molecule is NC(=O)c1ccc(OCCCN2C[C@@H](Cc3ccccn3)[C@H](O)C2)cc1.O=CO. The number of rotatable bonds is 8. The van der Waals surface area contributed by atoms with Crippen molar-refractivity contribution in [1.29, 1.82) is 0 Å². The van der Waals surface area contributed by atoms with E-state index in [-0.39, 0.29) is 18.5 Å². The number of carboxylic acid groups (broad SMARTS) is 1. The van der Waals surface area contributed by atoms with Crippen LogP contribution in [0.3, 0.4) is 0 Å². The third-order valence-electron chi connectivity index (χ3n) is 4.71. The van der Waals surface area contributed by atoms with Gasteiger partial charge in [0, 0.05) is 43.0 Å². The van der Waals surface area contributed by atoms with Crippen molar-refractivity contribution in [1.82, 2.24) is 9.88 Å². The smallest absolute Gasteiger partial charge is 0.290 e. The zero-order valence-corrected chi connectivity index (χ0v) is 16.2. The molecule has 1 fully saturated rings. The highest BCUT2D eigenvalue weighted by atomic mass is 16.5. The third-order valence-corrected chi connectivity index (χ3v) is 4.71. The number of carbonyl (C=O) groups excluding carboxylic acids is 1. The van der Waals surface area contributed by atoms with Crippen molar-refractivity contribution in [3.8, 4) is 5.75 Å². The molecule has 3 rings (SSSR count). The van der Waals surface area contributed by atoms with Gasteiger partial charge >= 0.3 is 0 Å². The van der Waals surface area contributed by atoms with Crippen LogP contribution in [0.2, 0.25) is 0 Å². The largest absolute Gasteiger partial charge is 0.494 e. The fraction of sp³-hybridized carbons (Fsp3) is 0.381. The normalized spacial score (nSPS) is 18.5. The molecular formula is C21H27N3O5. The first kappa shape index (κ1) is 22.3. The van der Waals surface area contributed by atoms with Gasteiger partial charge in [-0.05, 0) is 49.2 Å². The Hall–Kier alpha value is -2.97. The van der Waals surface area contributed by atoms with Crippen LogP contribution in [0, 0.1) is 5.92 Å². The van der Waals surface area contributed by atoms with Gasteiger partial charge in [-0.1, -0.05) is 6.07 Å². The second-order valence-corrected chi connectivity index (χ2v) is 6.81. The summed E-state index contributed by atoms with van der Waals surface area (Å²) in [4.78, 5) is 26.0. The van der Waals surface area contributed by atoms with Gasteiger partial charge in [0.05, 0.1) is 12.7 Å². The molecule has 1 amide bonds. The highest BCUT2D eigenvalue weighted by molar-refractivity contribution is 5.92. The Morgan fingerprint density at radius 1 is 1.24 bits per heavy atom. The average Bonchev–Trinajstić information content (AvgIpc) is 3.06. The van der Waals surface area contributed by atoms with Gasteiger partial charge < -0.3 is 25.6 Å². The number of amides is 1. The summed E-state index contributed by atoms with van der Waals surface area (Å²) in [7, 11) is 0. The van der Waals surface area contributed by atoms with Gasteiger partial charge in [0.15, 0.2) is 0 Å². The highest BCUT2D eigenvalue weighted by Crippen LogP contribution is 2.21. The maximum Gasteiger partial charge on any atom is 0.290 e. The molecule has 0 saturated carbocycles. The number of carbonyl (C=O) groups is 2. The number of pyridine rings is 1. The van der Waals surface area contributed by atoms with Crippen LogP contribution >= 0.6 is 0 Å². The predicted octanol–water partition coefficient (Wildman–Crippen LogP) is 1.19. The summed E-state index contributed by atoms with van der Waals surface area (Å²) in [5.74, 6) is 0.515. The first-order valence-corrected chi connectivity index (χ1v) is 9.44. The van der Waals surface area contributed by atoms with Gasteiger partial charge in [-0.15, -0.1) is 0 Å². The van der Waals surface area contributed by atoms with Crippen molar-refractivity contribution in [2.24, 2.45) is 11.7 Å². The van der Waals surface area contributed by atoms with Crippen LogP contribution in [-0.4, -0.2) is 64.8 Å². The van der Waals surface area contributed by atoms with Crippen molar-refractivity contribution in [2.45, 2.75) is 18.9 Å². The molecule has 1 aliphatic heterocycles. The summed E-state index contributed by atoms with van der Waals surface area (Å²) in [5.41, 5.74) is 6.72. The van der Waals surface area contributed by atoms with Gasteiger partial charge in [-0.3, -0.25) is 14.6 Å². The molecule has 29 heavy (non-hydrogen) atoms. The molecule has 1 aromatic carbocycles. The van der Waals surface area contributed by atoms with Crippen molar-refractivity contribution in [2.75, 3.05) is 26.2 Å². The van der Waals surface area contributed by atoms with E-state index in [1.54, 1.807) is 30.5 Å². The summed E-state index contributed by atoms with van der Waals surface area (Å²) in [5, 5.41) is 17.2. The summed E-state index contributed by atoms with van der Waals surface area (Å²) < 4.78 is 5.70. The molecule has 4 N–H and O–H groups in total. The van der Waals surface area contributed by atoms with Crippen LogP contribution in [0.5, 0.6) is 5.75 Å². The van der Waals surface area contributed by atoms with Crippen LogP contribution < -0.4 is 10.5 Å². The molecule has 2 aromatic rings. The number of benzene rings is 1. The number of aliphatic hydroxyl groups excluding tert-OH is 1. The van der Waals surface area contributed by atoms with E-state index in [1.165, 1.54) is 0 Å². The lowest BCUT2D eigenvalue weighted by molar-refractivity contribution is -0.122. The zero-order valence-electron chi connectivity index (χ0n) is 16.2. The number of nitrogens with zero attached hydrogens (tertiary/aromatic N) is 2. The number of hydrogen-bond acceptors (Lipinski definition) is 6. The minimum atomic E-state index is -0.440. The first-order chi connectivity index (χ1) is 14.0. The Labute approximate surface area is 169 Å². The Morgan fingerprint density at radius 2 is 1.97 bits per heavy atom. The molecule has 1 saturated heterocycles. The fourth-order valence-electron chi connectivity index (χ4n) is 3.31. The molecule has 2 atom stereocenters. The van der Waals surface area contributed by atoms with E-state index in [0.29, 0.717) is 18.7 Å². The molecule has 0 spiro atoms. The van der Waals surface area contributed by atoms with E-state index in [1.807, 2.05) is 18.2 Å². The third kappa shape index (κ3) is 7.52. The van der Waals surface area contributed by atoms with E-state index >= 15 is 0 Å². The maximum atomic E-state index is 11.0. The Kier molecular flexibility index (Phi) is 9.07. The van der Waals surface area contributed by atoms with E-state index < -0.39 is 5.91 Å². The molecule has 8 nitrogen and oxygen atoms in total. The predicted molar refractivity (Wildman–Crippen MR) is 108 cm³/mol. The molecular weight excluding hydrogens is 374 g/mol. The topological polar surface area (TPSA) is 126 Å². The number of hydrogen-bond donors (Lipinski definition) is 3. The van der Waals surface area contributed by atoms with Crippen LogP contribution in [0.15, 0.2) is 48.7 Å². The second kappa shape index (κ2) is 11.8.